The van der Waals surface area contributed by atoms with Crippen molar-refractivity contribution in [3.63, 3.8) is 0 Å². The molecule has 1 saturated heterocycles. The molecule has 4 N–H and O–H groups in total. The number of carbonyl (C=O) groups excluding carboxylic acids is 2. The van der Waals surface area contributed by atoms with Gasteiger partial charge in [0.05, 0.1) is 10.9 Å². The molecular weight excluding hydrogens is 428 g/mol. The van der Waals surface area contributed by atoms with Crippen molar-refractivity contribution < 1.29 is 18.0 Å². The Kier molecular flexibility index (Phi) is 7.65. The maximum atomic E-state index is 12.6. The molecule has 0 aliphatic carbocycles. The molecule has 1 heterocycles. The van der Waals surface area contributed by atoms with Crippen LogP contribution >= 0.6 is 0 Å². The van der Waals surface area contributed by atoms with Crippen LogP contribution in [0.2, 0.25) is 0 Å². The number of rotatable bonds is 9. The highest BCUT2D eigenvalue weighted by molar-refractivity contribution is 7.89. The summed E-state index contributed by atoms with van der Waals surface area (Å²) in [5.41, 5.74) is 7.43. The number of nitrogens with one attached hydrogen (secondary N) is 2. The molecule has 0 saturated carbocycles. The van der Waals surface area contributed by atoms with Crippen LogP contribution in [0.15, 0.2) is 53.4 Å². The third-order valence-corrected chi connectivity index (χ3v) is 7.26. The average Bonchev–Trinajstić information content (AvgIpc) is 3.22. The van der Waals surface area contributed by atoms with E-state index in [1.165, 1.54) is 24.3 Å². The van der Waals surface area contributed by atoms with Crippen molar-refractivity contribution in [1.82, 2.24) is 9.62 Å². The fourth-order valence-corrected chi connectivity index (χ4v) is 5.05. The van der Waals surface area contributed by atoms with Crippen molar-refractivity contribution in [3.05, 3.63) is 59.7 Å². The standard InChI is InChI=1S/C23H30N4O4S/c1-3-16(2)26-32(30,31)20-11-9-18(10-12-20)23(29)25-19-7-4-6-17(14-19)15-27-13-5-8-21(27)22(24)28/h4,6-7,9-12,14,16,21,26H,3,5,8,13,15H2,1-2H3,(H2,24,28)(H,25,29). The van der Waals surface area contributed by atoms with Gasteiger partial charge in [-0.25, -0.2) is 13.1 Å². The Hall–Kier alpha value is -2.75. The van der Waals surface area contributed by atoms with Crippen molar-refractivity contribution in [2.24, 2.45) is 5.73 Å². The van der Waals surface area contributed by atoms with Gasteiger partial charge in [0.1, 0.15) is 0 Å². The zero-order valence-electron chi connectivity index (χ0n) is 18.4. The van der Waals surface area contributed by atoms with Crippen molar-refractivity contribution in [3.8, 4) is 0 Å². The lowest BCUT2D eigenvalue weighted by atomic mass is 10.1. The minimum atomic E-state index is -3.62. The molecule has 8 nitrogen and oxygen atoms in total. The molecule has 9 heteroatoms. The molecule has 3 rings (SSSR count). The minimum Gasteiger partial charge on any atom is -0.368 e. The van der Waals surface area contributed by atoms with Crippen LogP contribution in [0, 0.1) is 0 Å². The summed E-state index contributed by atoms with van der Waals surface area (Å²) in [6.45, 7) is 5.08. The number of nitrogens with two attached hydrogens (primary N) is 1. The number of hydrogen-bond donors (Lipinski definition) is 3. The van der Waals surface area contributed by atoms with Gasteiger partial charge in [0.15, 0.2) is 0 Å². The molecule has 0 radical (unpaired) electrons. The van der Waals surface area contributed by atoms with Gasteiger partial charge in [0.2, 0.25) is 15.9 Å². The molecular formula is C23H30N4O4S. The number of benzene rings is 2. The highest BCUT2D eigenvalue weighted by atomic mass is 32.2. The van der Waals surface area contributed by atoms with Gasteiger partial charge in [0, 0.05) is 23.8 Å². The van der Waals surface area contributed by atoms with Gasteiger partial charge in [-0.2, -0.15) is 0 Å². The molecule has 172 valence electrons. The molecule has 2 amide bonds. The molecule has 32 heavy (non-hydrogen) atoms. The predicted octanol–water partition coefficient (Wildman–Crippen LogP) is 2.47. The molecule has 2 aromatic carbocycles. The fraction of sp³-hybridized carbons (Fsp3) is 0.391. The number of hydrogen-bond acceptors (Lipinski definition) is 5. The second kappa shape index (κ2) is 10.2. The number of primary amides is 1. The minimum absolute atomic E-state index is 0.117. The van der Waals surface area contributed by atoms with E-state index in [-0.39, 0.29) is 28.8 Å². The Morgan fingerprint density at radius 2 is 1.91 bits per heavy atom. The molecule has 2 atom stereocenters. The Morgan fingerprint density at radius 1 is 1.19 bits per heavy atom. The van der Waals surface area contributed by atoms with Crippen molar-refractivity contribution >= 4 is 27.5 Å². The van der Waals surface area contributed by atoms with Gasteiger partial charge < -0.3 is 11.1 Å². The summed E-state index contributed by atoms with van der Waals surface area (Å²) < 4.78 is 27.3. The zero-order valence-corrected chi connectivity index (χ0v) is 19.2. The number of sulfonamides is 1. The molecule has 1 aliphatic rings. The number of carbonyl (C=O) groups is 2. The van der Waals surface area contributed by atoms with E-state index in [4.69, 9.17) is 5.73 Å². The zero-order chi connectivity index (χ0) is 23.3. The first-order valence-corrected chi connectivity index (χ1v) is 12.2. The van der Waals surface area contributed by atoms with Crippen LogP contribution in [0.1, 0.15) is 49.0 Å². The first kappa shape index (κ1) is 23.9. The molecule has 0 bridgehead atoms. The quantitative estimate of drug-likeness (QED) is 0.533. The van der Waals surface area contributed by atoms with Crippen molar-refractivity contribution in [2.75, 3.05) is 11.9 Å². The second-order valence-corrected chi connectivity index (χ2v) is 9.85. The first-order chi connectivity index (χ1) is 15.2. The second-order valence-electron chi connectivity index (χ2n) is 8.14. The summed E-state index contributed by atoms with van der Waals surface area (Å²) in [4.78, 5) is 26.4. The van der Waals surface area contributed by atoms with Crippen LogP contribution in [0.5, 0.6) is 0 Å². The van der Waals surface area contributed by atoms with E-state index in [9.17, 15) is 18.0 Å². The van der Waals surface area contributed by atoms with E-state index < -0.39 is 10.0 Å². The number of likely N-dealkylation sites (tertiary alicyclic amines) is 1. The lowest BCUT2D eigenvalue weighted by molar-refractivity contribution is -0.122. The summed E-state index contributed by atoms with van der Waals surface area (Å²) in [5.74, 6) is -0.645. The summed E-state index contributed by atoms with van der Waals surface area (Å²) >= 11 is 0. The third kappa shape index (κ3) is 5.93. The van der Waals surface area contributed by atoms with Crippen molar-refractivity contribution in [1.29, 1.82) is 0 Å². The lowest BCUT2D eigenvalue weighted by Crippen LogP contribution is -2.39. The van der Waals surface area contributed by atoms with Gasteiger partial charge in [0.25, 0.3) is 5.91 Å². The summed E-state index contributed by atoms with van der Waals surface area (Å²) in [5, 5.41) is 2.84. The van der Waals surface area contributed by atoms with Crippen LogP contribution in [0.25, 0.3) is 0 Å². The Balaban J connectivity index is 1.66. The maximum Gasteiger partial charge on any atom is 0.255 e. The number of anilines is 1. The predicted molar refractivity (Wildman–Crippen MR) is 124 cm³/mol. The van der Waals surface area contributed by atoms with Gasteiger partial charge in [-0.3, -0.25) is 14.5 Å². The highest BCUT2D eigenvalue weighted by Crippen LogP contribution is 2.21. The van der Waals surface area contributed by atoms with Gasteiger partial charge in [-0.15, -0.1) is 0 Å². The molecule has 0 spiro atoms. The fourth-order valence-electron chi connectivity index (χ4n) is 3.72. The van der Waals surface area contributed by atoms with E-state index in [1.54, 1.807) is 13.0 Å². The molecule has 2 aromatic rings. The summed E-state index contributed by atoms with van der Waals surface area (Å²) in [6.07, 6.45) is 2.38. The maximum absolute atomic E-state index is 12.6. The smallest absolute Gasteiger partial charge is 0.255 e. The number of amides is 2. The summed E-state index contributed by atoms with van der Waals surface area (Å²) in [7, 11) is -3.62. The van der Waals surface area contributed by atoms with E-state index in [2.05, 4.69) is 14.9 Å². The van der Waals surface area contributed by atoms with Gasteiger partial charge in [-0.1, -0.05) is 19.1 Å². The van der Waals surface area contributed by atoms with Crippen LogP contribution in [0.4, 0.5) is 5.69 Å². The Morgan fingerprint density at radius 3 is 2.56 bits per heavy atom. The van der Waals surface area contributed by atoms with Gasteiger partial charge >= 0.3 is 0 Å². The molecule has 1 aliphatic heterocycles. The third-order valence-electron chi connectivity index (χ3n) is 5.66. The number of nitrogens with zero attached hydrogens (tertiary/aromatic N) is 1. The molecule has 2 unspecified atom stereocenters. The van der Waals surface area contributed by atoms with Crippen LogP contribution in [0.3, 0.4) is 0 Å². The topological polar surface area (TPSA) is 122 Å². The van der Waals surface area contributed by atoms with Crippen LogP contribution in [-0.2, 0) is 21.4 Å². The normalized spacial score (nSPS) is 17.8. The largest absolute Gasteiger partial charge is 0.368 e. The van der Waals surface area contributed by atoms with Crippen LogP contribution in [-0.4, -0.2) is 43.8 Å². The molecule has 0 aromatic heterocycles. The van der Waals surface area contributed by atoms with E-state index in [1.807, 2.05) is 25.1 Å². The van der Waals surface area contributed by atoms with Crippen molar-refractivity contribution in [2.45, 2.75) is 56.6 Å². The highest BCUT2D eigenvalue weighted by Gasteiger charge is 2.28. The van der Waals surface area contributed by atoms with Gasteiger partial charge in [-0.05, 0) is 74.7 Å². The summed E-state index contributed by atoms with van der Waals surface area (Å²) in [6, 6.07) is 12.8. The lowest BCUT2D eigenvalue weighted by Gasteiger charge is -2.22. The van der Waals surface area contributed by atoms with E-state index in [0.29, 0.717) is 24.2 Å². The molecule has 1 fully saturated rings. The average molecular weight is 459 g/mol. The monoisotopic (exact) mass is 458 g/mol. The van der Waals surface area contributed by atoms with Crippen LogP contribution < -0.4 is 15.8 Å². The Bertz CT molecular complexity index is 1070. The van der Waals surface area contributed by atoms with E-state index >= 15 is 0 Å². The van der Waals surface area contributed by atoms with E-state index in [0.717, 1.165) is 24.9 Å². The first-order valence-electron chi connectivity index (χ1n) is 10.8. The Labute approximate surface area is 189 Å². The SMILES string of the molecule is CCC(C)NS(=O)(=O)c1ccc(C(=O)Nc2cccc(CN3CCCC3C(N)=O)c2)cc1.